The van der Waals surface area contributed by atoms with Crippen molar-refractivity contribution in [3.63, 3.8) is 0 Å². The summed E-state index contributed by atoms with van der Waals surface area (Å²) < 4.78 is 62.2. The van der Waals surface area contributed by atoms with Crippen LogP contribution in [0.4, 0.5) is 13.2 Å². The van der Waals surface area contributed by atoms with Crippen molar-refractivity contribution in [3.05, 3.63) is 69.2 Å². The zero-order valence-electron chi connectivity index (χ0n) is 20.4. The summed E-state index contributed by atoms with van der Waals surface area (Å²) >= 11 is 1.29. The van der Waals surface area contributed by atoms with Gasteiger partial charge in [0.15, 0.2) is 14.8 Å². The van der Waals surface area contributed by atoms with Crippen molar-refractivity contribution in [1.82, 2.24) is 25.2 Å². The predicted molar refractivity (Wildman–Crippen MR) is 131 cm³/mol. The molecule has 13 heteroatoms. The number of aromatic nitrogens is 3. The number of benzene rings is 1. The van der Waals surface area contributed by atoms with Crippen LogP contribution in [0, 0.1) is 5.92 Å². The number of nitrogens with one attached hydrogen (secondary N) is 1. The van der Waals surface area contributed by atoms with Crippen LogP contribution < -0.4 is 5.32 Å². The Bertz CT molecular complexity index is 1370. The fourth-order valence-electron chi connectivity index (χ4n) is 4.21. The van der Waals surface area contributed by atoms with Crippen molar-refractivity contribution >= 4 is 27.1 Å². The maximum atomic E-state index is 12.8. The summed E-state index contributed by atoms with van der Waals surface area (Å²) in [6.07, 6.45) is -2.21. The fourth-order valence-corrected chi connectivity index (χ4v) is 6.14. The molecule has 0 saturated heterocycles. The Balaban J connectivity index is 1.41. The molecule has 0 unspecified atom stereocenters. The van der Waals surface area contributed by atoms with E-state index in [0.717, 1.165) is 16.1 Å². The Morgan fingerprint density at radius 2 is 1.81 bits per heavy atom. The Morgan fingerprint density at radius 1 is 1.16 bits per heavy atom. The van der Waals surface area contributed by atoms with Crippen LogP contribution in [0.15, 0.2) is 41.6 Å². The molecule has 0 radical (unpaired) electrons. The van der Waals surface area contributed by atoms with Gasteiger partial charge in [-0.05, 0) is 23.6 Å². The van der Waals surface area contributed by atoms with E-state index in [9.17, 15) is 26.4 Å². The normalized spacial score (nSPS) is 16.2. The summed E-state index contributed by atoms with van der Waals surface area (Å²) in [4.78, 5) is 27.5. The summed E-state index contributed by atoms with van der Waals surface area (Å²) in [6.45, 7) is 6.73. The molecule has 1 aliphatic heterocycles. The van der Waals surface area contributed by atoms with Gasteiger partial charge in [-0.15, -0.1) is 11.3 Å². The molecule has 0 aliphatic carbocycles. The Kier molecular flexibility index (Phi) is 7.67. The molecule has 1 atom stereocenters. The minimum atomic E-state index is -4.59. The lowest BCUT2D eigenvalue weighted by Crippen LogP contribution is -2.27. The number of carbonyl (C=O) groups is 1. The molecular formula is C24H26F3N5O3S2. The van der Waals surface area contributed by atoms with E-state index in [4.69, 9.17) is 0 Å². The Labute approximate surface area is 216 Å². The lowest BCUT2D eigenvalue weighted by Gasteiger charge is -2.27. The van der Waals surface area contributed by atoms with E-state index in [1.165, 1.54) is 35.9 Å². The molecule has 0 spiro atoms. The third-order valence-electron chi connectivity index (χ3n) is 6.03. The van der Waals surface area contributed by atoms with E-state index in [2.05, 4.69) is 25.2 Å². The highest BCUT2D eigenvalue weighted by molar-refractivity contribution is 7.91. The quantitative estimate of drug-likeness (QED) is 0.441. The van der Waals surface area contributed by atoms with Crippen LogP contribution in [0.1, 0.15) is 64.1 Å². The maximum Gasteiger partial charge on any atom is 0.451 e. The van der Waals surface area contributed by atoms with Crippen molar-refractivity contribution in [2.24, 2.45) is 5.92 Å². The predicted octanol–water partition coefficient (Wildman–Crippen LogP) is 4.39. The van der Waals surface area contributed by atoms with Crippen LogP contribution in [0.3, 0.4) is 0 Å². The van der Waals surface area contributed by atoms with E-state index in [1.807, 2.05) is 13.8 Å². The number of hydrogen-bond acceptors (Lipinski definition) is 8. The molecule has 1 aromatic carbocycles. The molecule has 8 nitrogen and oxygen atoms in total. The zero-order valence-corrected chi connectivity index (χ0v) is 22.0. The molecular weight excluding hydrogens is 527 g/mol. The molecule has 1 amide bonds. The molecule has 0 bridgehead atoms. The standard InChI is InChI=1S/C24H26F3N5O3S2/c1-4-37(34,35)17-7-5-15(6-8-17)9-28-21(33)22-31-19-18(36-22)13-32(20(19)14(2)3)12-16-10-29-23(30-11-16)24(25,26)27/h5-8,10-11,14,20H,4,9,12-13H2,1-3H3,(H,28,33)/t20-/m0/s1. The topological polar surface area (TPSA) is 105 Å². The second-order valence-electron chi connectivity index (χ2n) is 9.06. The van der Waals surface area contributed by atoms with Gasteiger partial charge in [0.25, 0.3) is 5.91 Å². The molecule has 1 aliphatic rings. The van der Waals surface area contributed by atoms with E-state index in [1.54, 1.807) is 19.1 Å². The number of rotatable bonds is 8. The summed E-state index contributed by atoms with van der Waals surface area (Å²) in [6, 6.07) is 6.29. The van der Waals surface area contributed by atoms with Crippen molar-refractivity contribution in [3.8, 4) is 0 Å². The molecule has 4 rings (SSSR count). The first-order valence-corrected chi connectivity index (χ1v) is 14.1. The van der Waals surface area contributed by atoms with Crippen LogP contribution in [0.25, 0.3) is 0 Å². The zero-order chi connectivity index (χ0) is 27.0. The van der Waals surface area contributed by atoms with Crippen molar-refractivity contribution in [2.75, 3.05) is 5.75 Å². The maximum absolute atomic E-state index is 12.8. The molecule has 3 aromatic rings. The van der Waals surface area contributed by atoms with E-state index < -0.39 is 21.8 Å². The average Bonchev–Trinajstić information content (AvgIpc) is 3.40. The van der Waals surface area contributed by atoms with Crippen molar-refractivity contribution in [2.45, 2.75) is 57.5 Å². The molecule has 198 valence electrons. The monoisotopic (exact) mass is 553 g/mol. The smallest absolute Gasteiger partial charge is 0.346 e. The van der Waals surface area contributed by atoms with Gasteiger partial charge in [-0.2, -0.15) is 13.2 Å². The highest BCUT2D eigenvalue weighted by atomic mass is 32.2. The highest BCUT2D eigenvalue weighted by Crippen LogP contribution is 2.41. The number of thiazole rings is 1. The van der Waals surface area contributed by atoms with Crippen molar-refractivity contribution in [1.29, 1.82) is 0 Å². The Morgan fingerprint density at radius 3 is 2.38 bits per heavy atom. The molecule has 0 saturated carbocycles. The molecule has 3 heterocycles. The van der Waals surface area contributed by atoms with Gasteiger partial charge >= 0.3 is 6.18 Å². The van der Waals surface area contributed by atoms with E-state index in [0.29, 0.717) is 23.7 Å². The largest absolute Gasteiger partial charge is 0.451 e. The number of carbonyl (C=O) groups excluding carboxylic acids is 1. The number of nitrogens with zero attached hydrogens (tertiary/aromatic N) is 4. The summed E-state index contributed by atoms with van der Waals surface area (Å²) in [5.41, 5.74) is 2.12. The van der Waals surface area contributed by atoms with Gasteiger partial charge in [0.2, 0.25) is 5.82 Å². The first-order chi connectivity index (χ1) is 17.4. The van der Waals surface area contributed by atoms with Crippen molar-refractivity contribution < 1.29 is 26.4 Å². The van der Waals surface area contributed by atoms with Crippen LogP contribution in [-0.2, 0) is 35.6 Å². The fraction of sp³-hybridized carbons (Fsp3) is 0.417. The van der Waals surface area contributed by atoms with E-state index >= 15 is 0 Å². The molecule has 1 N–H and O–H groups in total. The highest BCUT2D eigenvalue weighted by Gasteiger charge is 2.37. The third kappa shape index (κ3) is 5.99. The van der Waals surface area contributed by atoms with Gasteiger partial charge < -0.3 is 5.32 Å². The first-order valence-electron chi connectivity index (χ1n) is 11.6. The van der Waals surface area contributed by atoms with Gasteiger partial charge in [-0.1, -0.05) is 32.9 Å². The van der Waals surface area contributed by atoms with Gasteiger partial charge in [0.1, 0.15) is 0 Å². The van der Waals surface area contributed by atoms with Gasteiger partial charge in [-0.25, -0.2) is 23.4 Å². The van der Waals surface area contributed by atoms with Gasteiger partial charge in [0.05, 0.1) is 22.4 Å². The number of sulfone groups is 1. The summed E-state index contributed by atoms with van der Waals surface area (Å²) in [5, 5.41) is 3.16. The SMILES string of the molecule is CCS(=O)(=O)c1ccc(CNC(=O)c2nc3c(s2)CN(Cc2cnc(C(F)(F)F)nc2)[C@H]3C(C)C)cc1. The number of halogens is 3. The minimum Gasteiger partial charge on any atom is -0.346 e. The third-order valence-corrected chi connectivity index (χ3v) is 8.84. The molecule has 37 heavy (non-hydrogen) atoms. The number of amides is 1. The average molecular weight is 554 g/mol. The van der Waals surface area contributed by atoms with Crippen LogP contribution in [0.5, 0.6) is 0 Å². The molecule has 0 fully saturated rings. The summed E-state index contributed by atoms with van der Waals surface area (Å²) in [7, 11) is -3.28. The van der Waals surface area contributed by atoms with Gasteiger partial charge in [-0.3, -0.25) is 9.69 Å². The van der Waals surface area contributed by atoms with Gasteiger partial charge in [0, 0.05) is 42.5 Å². The van der Waals surface area contributed by atoms with Crippen LogP contribution in [-0.4, -0.2) is 39.9 Å². The Hall–Kier alpha value is -2.90. The first kappa shape index (κ1) is 27.1. The van der Waals surface area contributed by atoms with Crippen LogP contribution in [0.2, 0.25) is 0 Å². The number of alkyl halides is 3. The number of fused-ring (bicyclic) bond motifs is 1. The summed E-state index contributed by atoms with van der Waals surface area (Å²) in [5.74, 6) is -1.33. The lowest BCUT2D eigenvalue weighted by molar-refractivity contribution is -0.145. The number of hydrogen-bond donors (Lipinski definition) is 1. The minimum absolute atomic E-state index is 0.0186. The second-order valence-corrected chi connectivity index (χ2v) is 12.4. The lowest BCUT2D eigenvalue weighted by atomic mass is 10.0. The second kappa shape index (κ2) is 10.5. The molecule has 2 aromatic heterocycles. The van der Waals surface area contributed by atoms with E-state index in [-0.39, 0.29) is 35.1 Å². The van der Waals surface area contributed by atoms with Crippen LogP contribution >= 0.6 is 11.3 Å².